The number of nitrogens with one attached hydrogen (secondary N) is 1. The van der Waals surface area contributed by atoms with Crippen LogP contribution in [0.2, 0.25) is 0 Å². The molecule has 3 rings (SSSR count). The molecule has 0 aromatic heterocycles. The second-order valence-electron chi connectivity index (χ2n) is 9.21. The molecular formula is C29H34BrN3O4S. The summed E-state index contributed by atoms with van der Waals surface area (Å²) in [6.07, 6.45) is 0.918. The first kappa shape index (κ1) is 29.4. The summed E-state index contributed by atoms with van der Waals surface area (Å²) in [7, 11) is -4.07. The molecule has 0 spiro atoms. The molecule has 202 valence electrons. The lowest BCUT2D eigenvalue weighted by molar-refractivity contribution is -0.139. The van der Waals surface area contributed by atoms with Crippen molar-refractivity contribution in [2.75, 3.05) is 17.4 Å². The van der Waals surface area contributed by atoms with Crippen LogP contribution < -0.4 is 9.62 Å². The predicted molar refractivity (Wildman–Crippen MR) is 154 cm³/mol. The number of benzene rings is 3. The van der Waals surface area contributed by atoms with E-state index in [2.05, 4.69) is 21.2 Å². The number of rotatable bonds is 12. The van der Waals surface area contributed by atoms with Gasteiger partial charge >= 0.3 is 0 Å². The van der Waals surface area contributed by atoms with E-state index < -0.39 is 28.5 Å². The minimum Gasteiger partial charge on any atom is -0.352 e. The van der Waals surface area contributed by atoms with Crippen molar-refractivity contribution in [2.45, 2.75) is 50.6 Å². The Balaban J connectivity index is 2.00. The Morgan fingerprint density at radius 1 is 0.921 bits per heavy atom. The molecule has 0 saturated carbocycles. The second kappa shape index (κ2) is 13.6. The predicted octanol–water partition coefficient (Wildman–Crippen LogP) is 5.02. The van der Waals surface area contributed by atoms with Gasteiger partial charge in [0, 0.05) is 17.1 Å². The van der Waals surface area contributed by atoms with Crippen LogP contribution in [0.3, 0.4) is 0 Å². The van der Waals surface area contributed by atoms with Gasteiger partial charge in [0.2, 0.25) is 11.8 Å². The summed E-state index contributed by atoms with van der Waals surface area (Å²) in [5, 5.41) is 2.90. The molecule has 0 fully saturated rings. The lowest BCUT2D eigenvalue weighted by Crippen LogP contribution is -2.54. The quantitative estimate of drug-likeness (QED) is 0.317. The van der Waals surface area contributed by atoms with Crippen molar-refractivity contribution in [3.63, 3.8) is 0 Å². The highest BCUT2D eigenvalue weighted by molar-refractivity contribution is 9.10. The van der Waals surface area contributed by atoms with Gasteiger partial charge in [-0.25, -0.2) is 8.42 Å². The molecule has 9 heteroatoms. The van der Waals surface area contributed by atoms with Crippen LogP contribution in [-0.4, -0.2) is 50.3 Å². The normalized spacial score (nSPS) is 12.1. The molecule has 38 heavy (non-hydrogen) atoms. The second-order valence-corrected chi connectivity index (χ2v) is 12.0. The van der Waals surface area contributed by atoms with Crippen LogP contribution in [0.25, 0.3) is 0 Å². The molecule has 0 heterocycles. The maximum atomic E-state index is 13.9. The minimum atomic E-state index is -4.07. The van der Waals surface area contributed by atoms with Gasteiger partial charge in [0.15, 0.2) is 0 Å². The summed E-state index contributed by atoms with van der Waals surface area (Å²) in [4.78, 5) is 28.6. The number of carbonyl (C=O) groups excluding carboxylic acids is 2. The third-order valence-corrected chi connectivity index (χ3v) is 8.29. The van der Waals surface area contributed by atoms with E-state index in [0.29, 0.717) is 23.0 Å². The van der Waals surface area contributed by atoms with E-state index in [9.17, 15) is 18.0 Å². The van der Waals surface area contributed by atoms with Crippen molar-refractivity contribution >= 4 is 43.5 Å². The first-order chi connectivity index (χ1) is 18.1. The Kier molecular flexibility index (Phi) is 10.5. The first-order valence-corrected chi connectivity index (χ1v) is 14.8. The van der Waals surface area contributed by atoms with E-state index in [4.69, 9.17) is 0 Å². The van der Waals surface area contributed by atoms with Crippen LogP contribution in [0.15, 0.2) is 94.3 Å². The lowest BCUT2D eigenvalue weighted by atomic mass is 10.1. The number of hydrogen-bond acceptors (Lipinski definition) is 4. The molecule has 2 amide bonds. The van der Waals surface area contributed by atoms with Gasteiger partial charge in [0.1, 0.15) is 12.6 Å². The molecule has 7 nitrogen and oxygen atoms in total. The van der Waals surface area contributed by atoms with Crippen LogP contribution in [0.1, 0.15) is 32.8 Å². The molecule has 0 aliphatic carbocycles. The van der Waals surface area contributed by atoms with E-state index in [-0.39, 0.29) is 23.4 Å². The average molecular weight is 601 g/mol. The zero-order valence-electron chi connectivity index (χ0n) is 21.9. The Morgan fingerprint density at radius 3 is 2.13 bits per heavy atom. The van der Waals surface area contributed by atoms with Crippen LogP contribution in [0, 0.1) is 0 Å². The van der Waals surface area contributed by atoms with Crippen LogP contribution in [0.5, 0.6) is 0 Å². The van der Waals surface area contributed by atoms with Crippen molar-refractivity contribution in [3.8, 4) is 0 Å². The molecule has 0 aliphatic rings. The van der Waals surface area contributed by atoms with Gasteiger partial charge in [-0.2, -0.15) is 0 Å². The monoisotopic (exact) mass is 599 g/mol. The summed E-state index contributed by atoms with van der Waals surface area (Å²) in [6, 6.07) is 23.7. The number of nitrogens with zero attached hydrogens (tertiary/aromatic N) is 2. The van der Waals surface area contributed by atoms with Crippen molar-refractivity contribution < 1.29 is 18.0 Å². The smallest absolute Gasteiger partial charge is 0.264 e. The van der Waals surface area contributed by atoms with Gasteiger partial charge in [-0.15, -0.1) is 0 Å². The molecule has 1 unspecified atom stereocenters. The third kappa shape index (κ3) is 7.68. The van der Waals surface area contributed by atoms with Gasteiger partial charge in [0.05, 0.1) is 10.6 Å². The Hall–Kier alpha value is -3.17. The summed E-state index contributed by atoms with van der Waals surface area (Å²) in [5.74, 6) is -0.713. The van der Waals surface area contributed by atoms with Crippen molar-refractivity contribution in [1.82, 2.24) is 10.2 Å². The Morgan fingerprint density at radius 2 is 1.55 bits per heavy atom. The highest BCUT2D eigenvalue weighted by atomic mass is 79.9. The van der Waals surface area contributed by atoms with E-state index in [1.54, 1.807) is 42.5 Å². The topological polar surface area (TPSA) is 86.8 Å². The number of anilines is 1. The fourth-order valence-electron chi connectivity index (χ4n) is 4.16. The van der Waals surface area contributed by atoms with Gasteiger partial charge < -0.3 is 10.2 Å². The highest BCUT2D eigenvalue weighted by Gasteiger charge is 2.33. The standard InChI is InChI=1S/C29H34BrN3O4S/c1-4-27(29(35)31-22(2)3)32(19-18-23-12-7-5-8-13-23)28(34)21-33(25-15-11-14-24(30)20-25)38(36,37)26-16-9-6-10-17-26/h5-17,20,22,27H,4,18-19,21H2,1-3H3,(H,31,35). The van der Waals surface area contributed by atoms with E-state index >= 15 is 0 Å². The Labute approximate surface area is 234 Å². The summed E-state index contributed by atoms with van der Waals surface area (Å²) < 4.78 is 29.3. The summed E-state index contributed by atoms with van der Waals surface area (Å²) in [6.45, 7) is 5.39. The van der Waals surface area contributed by atoms with E-state index in [0.717, 1.165) is 9.87 Å². The lowest BCUT2D eigenvalue weighted by Gasteiger charge is -2.33. The summed E-state index contributed by atoms with van der Waals surface area (Å²) in [5.41, 5.74) is 1.37. The SMILES string of the molecule is CCC(C(=O)NC(C)C)N(CCc1ccccc1)C(=O)CN(c1cccc(Br)c1)S(=O)(=O)c1ccccc1. The van der Waals surface area contributed by atoms with Gasteiger partial charge in [-0.05, 0) is 62.6 Å². The first-order valence-electron chi connectivity index (χ1n) is 12.6. The van der Waals surface area contributed by atoms with Crippen molar-refractivity contribution in [1.29, 1.82) is 0 Å². The molecule has 0 radical (unpaired) electrons. The van der Waals surface area contributed by atoms with Crippen LogP contribution >= 0.6 is 15.9 Å². The maximum Gasteiger partial charge on any atom is 0.264 e. The van der Waals surface area contributed by atoms with Crippen LogP contribution in [-0.2, 0) is 26.0 Å². The van der Waals surface area contributed by atoms with Gasteiger partial charge in [-0.3, -0.25) is 13.9 Å². The molecule has 1 atom stereocenters. The van der Waals surface area contributed by atoms with Crippen molar-refractivity contribution in [2.24, 2.45) is 0 Å². The van der Waals surface area contributed by atoms with Gasteiger partial charge in [-0.1, -0.05) is 77.5 Å². The number of carbonyl (C=O) groups is 2. The zero-order chi connectivity index (χ0) is 27.7. The molecule has 0 aliphatic heterocycles. The third-order valence-electron chi connectivity index (χ3n) is 6.01. The molecule has 3 aromatic carbocycles. The Bertz CT molecular complexity index is 1320. The average Bonchev–Trinajstić information content (AvgIpc) is 2.90. The number of amides is 2. The highest BCUT2D eigenvalue weighted by Crippen LogP contribution is 2.27. The summed E-state index contributed by atoms with van der Waals surface area (Å²) >= 11 is 3.41. The number of sulfonamides is 1. The maximum absolute atomic E-state index is 13.9. The molecule has 3 aromatic rings. The van der Waals surface area contributed by atoms with E-state index in [1.165, 1.54) is 17.0 Å². The van der Waals surface area contributed by atoms with E-state index in [1.807, 2.05) is 51.1 Å². The number of hydrogen-bond donors (Lipinski definition) is 1. The van der Waals surface area contributed by atoms with Gasteiger partial charge in [0.25, 0.3) is 10.0 Å². The fraction of sp³-hybridized carbons (Fsp3) is 0.310. The van der Waals surface area contributed by atoms with Crippen molar-refractivity contribution in [3.05, 3.63) is 95.0 Å². The molecule has 0 saturated heterocycles. The van der Waals surface area contributed by atoms with Crippen LogP contribution in [0.4, 0.5) is 5.69 Å². The molecule has 0 bridgehead atoms. The fourth-order valence-corrected chi connectivity index (χ4v) is 5.97. The largest absolute Gasteiger partial charge is 0.352 e. The number of halogens is 1. The molecular weight excluding hydrogens is 566 g/mol. The zero-order valence-corrected chi connectivity index (χ0v) is 24.3. The molecule has 1 N–H and O–H groups in total. The minimum absolute atomic E-state index is 0.0770.